The minimum absolute atomic E-state index is 0.0927. The smallest absolute Gasteiger partial charge is 0.219 e. The average molecular weight is 394 g/mol. The van der Waals surface area contributed by atoms with Crippen LogP contribution in [0.2, 0.25) is 10.0 Å². The molecule has 2 N–H and O–H groups in total. The van der Waals surface area contributed by atoms with E-state index >= 15 is 0 Å². The molecule has 26 heavy (non-hydrogen) atoms. The summed E-state index contributed by atoms with van der Waals surface area (Å²) in [7, 11) is 0. The number of phenolic OH excluding ortho intramolecular Hbond substituents is 1. The van der Waals surface area contributed by atoms with Gasteiger partial charge in [0.25, 0.3) is 0 Å². The van der Waals surface area contributed by atoms with Crippen molar-refractivity contribution in [2.75, 3.05) is 18.4 Å². The van der Waals surface area contributed by atoms with E-state index in [4.69, 9.17) is 23.2 Å². The number of aromatic hydroxyl groups is 1. The molecule has 1 unspecified atom stereocenters. The lowest BCUT2D eigenvalue weighted by molar-refractivity contribution is -0.130. The lowest BCUT2D eigenvalue weighted by atomic mass is 9.85. The summed E-state index contributed by atoms with van der Waals surface area (Å²) in [5.41, 5.74) is 0.686. The van der Waals surface area contributed by atoms with Gasteiger partial charge >= 0.3 is 0 Å². The molecule has 2 aromatic rings. The van der Waals surface area contributed by atoms with Crippen molar-refractivity contribution < 1.29 is 9.90 Å². The Hall–Kier alpha value is -1.98. The Balaban J connectivity index is 1.90. The number of hydrogen-bond donors (Lipinski definition) is 2. The number of nitrogens with zero attached hydrogens (tertiary/aromatic N) is 2. The summed E-state index contributed by atoms with van der Waals surface area (Å²) in [5.74, 6) is 1.13. The molecule has 5 nitrogen and oxygen atoms in total. The Labute approximate surface area is 162 Å². The van der Waals surface area contributed by atoms with E-state index in [-0.39, 0.29) is 23.6 Å². The molecule has 0 saturated carbocycles. The SMILES string of the molecule is CC(=O)N1CCC(C(Nc2ccccn2)c2cc(Cl)c(Cl)cc2O)CC1. The van der Waals surface area contributed by atoms with Crippen LogP contribution in [0, 0.1) is 5.92 Å². The van der Waals surface area contributed by atoms with Crippen LogP contribution in [0.15, 0.2) is 36.5 Å². The Bertz CT molecular complexity index is 778. The van der Waals surface area contributed by atoms with Gasteiger partial charge in [0.2, 0.25) is 5.91 Å². The van der Waals surface area contributed by atoms with Crippen LogP contribution in [0.1, 0.15) is 31.4 Å². The molecular weight excluding hydrogens is 373 g/mol. The van der Waals surface area contributed by atoms with Crippen LogP contribution in [0.25, 0.3) is 0 Å². The molecule has 1 aromatic heterocycles. The van der Waals surface area contributed by atoms with Crippen molar-refractivity contribution in [1.82, 2.24) is 9.88 Å². The lowest BCUT2D eigenvalue weighted by Crippen LogP contribution is -2.39. The number of benzene rings is 1. The van der Waals surface area contributed by atoms with Crippen LogP contribution in [0.3, 0.4) is 0 Å². The van der Waals surface area contributed by atoms with E-state index in [1.807, 2.05) is 23.1 Å². The first-order chi connectivity index (χ1) is 12.5. The number of aromatic nitrogens is 1. The summed E-state index contributed by atoms with van der Waals surface area (Å²) >= 11 is 12.2. The second-order valence-corrected chi connectivity index (χ2v) is 7.32. The highest BCUT2D eigenvalue weighted by Crippen LogP contribution is 2.40. The molecule has 0 aliphatic carbocycles. The molecule has 1 aliphatic heterocycles. The molecular formula is C19H21Cl2N3O2. The van der Waals surface area contributed by atoms with E-state index in [1.54, 1.807) is 19.2 Å². The molecule has 138 valence electrons. The van der Waals surface area contributed by atoms with E-state index in [0.717, 1.165) is 18.7 Å². The third-order valence-corrected chi connectivity index (χ3v) is 5.55. The quantitative estimate of drug-likeness (QED) is 0.801. The molecule has 1 amide bonds. The van der Waals surface area contributed by atoms with Gasteiger partial charge in [0.1, 0.15) is 11.6 Å². The first-order valence-electron chi connectivity index (χ1n) is 8.56. The summed E-state index contributed by atoms with van der Waals surface area (Å²) in [5, 5.41) is 14.6. The normalized spacial score (nSPS) is 16.3. The number of amides is 1. The molecule has 1 aliphatic rings. The predicted octanol–water partition coefficient (Wildman–Crippen LogP) is 4.51. The zero-order valence-electron chi connectivity index (χ0n) is 14.5. The monoisotopic (exact) mass is 393 g/mol. The topological polar surface area (TPSA) is 65.5 Å². The fraction of sp³-hybridized carbons (Fsp3) is 0.368. The van der Waals surface area contributed by atoms with Crippen molar-refractivity contribution in [3.8, 4) is 5.75 Å². The molecule has 2 heterocycles. The van der Waals surface area contributed by atoms with Gasteiger partial charge in [0.15, 0.2) is 0 Å². The average Bonchev–Trinajstić information content (AvgIpc) is 2.64. The second-order valence-electron chi connectivity index (χ2n) is 6.51. The van der Waals surface area contributed by atoms with Crippen molar-refractivity contribution in [3.05, 3.63) is 52.1 Å². The molecule has 0 bridgehead atoms. The van der Waals surface area contributed by atoms with Gasteiger partial charge in [0.05, 0.1) is 16.1 Å². The fourth-order valence-electron chi connectivity index (χ4n) is 3.41. The zero-order valence-corrected chi connectivity index (χ0v) is 16.0. The molecule has 1 atom stereocenters. The molecule has 0 radical (unpaired) electrons. The van der Waals surface area contributed by atoms with Gasteiger partial charge in [-0.2, -0.15) is 0 Å². The van der Waals surface area contributed by atoms with Crippen molar-refractivity contribution >= 4 is 34.9 Å². The number of anilines is 1. The minimum atomic E-state index is -0.186. The molecule has 1 saturated heterocycles. The molecule has 7 heteroatoms. The number of nitrogens with one attached hydrogen (secondary N) is 1. The summed E-state index contributed by atoms with van der Waals surface area (Å²) in [6.07, 6.45) is 3.36. The lowest BCUT2D eigenvalue weighted by Gasteiger charge is -2.36. The molecule has 3 rings (SSSR count). The maximum atomic E-state index is 11.6. The van der Waals surface area contributed by atoms with Crippen LogP contribution in [0.5, 0.6) is 5.75 Å². The first-order valence-corrected chi connectivity index (χ1v) is 9.32. The van der Waals surface area contributed by atoms with E-state index < -0.39 is 0 Å². The van der Waals surface area contributed by atoms with Crippen molar-refractivity contribution in [1.29, 1.82) is 0 Å². The van der Waals surface area contributed by atoms with Gasteiger partial charge in [-0.05, 0) is 37.0 Å². The Morgan fingerprint density at radius 1 is 1.27 bits per heavy atom. The van der Waals surface area contributed by atoms with E-state index in [0.29, 0.717) is 28.7 Å². The Morgan fingerprint density at radius 3 is 2.58 bits per heavy atom. The third kappa shape index (κ3) is 4.22. The van der Waals surface area contributed by atoms with E-state index in [9.17, 15) is 9.90 Å². The summed E-state index contributed by atoms with van der Waals surface area (Å²) in [4.78, 5) is 17.8. The molecule has 1 aromatic carbocycles. The standard InChI is InChI=1S/C19H21Cl2N3O2/c1-12(25)24-8-5-13(6-9-24)19(23-18-4-2-3-7-22-18)14-10-15(20)16(21)11-17(14)26/h2-4,7,10-11,13,19,26H,5-6,8-9H2,1H3,(H,22,23). The van der Waals surface area contributed by atoms with Gasteiger partial charge in [-0.3, -0.25) is 4.79 Å². The van der Waals surface area contributed by atoms with Gasteiger partial charge in [-0.25, -0.2) is 4.98 Å². The minimum Gasteiger partial charge on any atom is -0.508 e. The highest BCUT2D eigenvalue weighted by atomic mass is 35.5. The number of halogens is 2. The van der Waals surface area contributed by atoms with Crippen LogP contribution in [-0.4, -0.2) is 34.0 Å². The predicted molar refractivity (Wildman–Crippen MR) is 104 cm³/mol. The number of phenols is 1. The van der Waals surface area contributed by atoms with Crippen LogP contribution in [0.4, 0.5) is 5.82 Å². The summed E-state index contributed by atoms with van der Waals surface area (Å²) in [6.45, 7) is 2.99. The number of carbonyl (C=O) groups is 1. The largest absolute Gasteiger partial charge is 0.508 e. The Morgan fingerprint density at radius 2 is 1.96 bits per heavy atom. The highest BCUT2D eigenvalue weighted by molar-refractivity contribution is 6.42. The maximum absolute atomic E-state index is 11.6. The zero-order chi connectivity index (χ0) is 18.7. The van der Waals surface area contributed by atoms with Gasteiger partial charge in [-0.1, -0.05) is 29.3 Å². The maximum Gasteiger partial charge on any atom is 0.219 e. The van der Waals surface area contributed by atoms with Gasteiger partial charge in [0, 0.05) is 37.8 Å². The van der Waals surface area contributed by atoms with Crippen LogP contribution >= 0.6 is 23.2 Å². The first kappa shape index (κ1) is 18.8. The number of piperidine rings is 1. The Kier molecular flexibility index (Phi) is 5.89. The number of likely N-dealkylation sites (tertiary alicyclic amines) is 1. The summed E-state index contributed by atoms with van der Waals surface area (Å²) < 4.78 is 0. The highest BCUT2D eigenvalue weighted by Gasteiger charge is 2.30. The van der Waals surface area contributed by atoms with E-state index in [2.05, 4.69) is 10.3 Å². The number of hydrogen-bond acceptors (Lipinski definition) is 4. The van der Waals surface area contributed by atoms with Crippen LogP contribution < -0.4 is 5.32 Å². The number of carbonyl (C=O) groups excluding carboxylic acids is 1. The third-order valence-electron chi connectivity index (χ3n) is 4.83. The second kappa shape index (κ2) is 8.14. The van der Waals surface area contributed by atoms with Gasteiger partial charge in [-0.15, -0.1) is 0 Å². The van der Waals surface area contributed by atoms with Crippen LogP contribution in [-0.2, 0) is 4.79 Å². The van der Waals surface area contributed by atoms with Crippen molar-refractivity contribution in [2.45, 2.75) is 25.8 Å². The molecule has 0 spiro atoms. The van der Waals surface area contributed by atoms with Crippen molar-refractivity contribution in [3.63, 3.8) is 0 Å². The molecule has 1 fully saturated rings. The number of pyridine rings is 1. The summed E-state index contributed by atoms with van der Waals surface area (Å²) in [6, 6.07) is 8.62. The van der Waals surface area contributed by atoms with Gasteiger partial charge < -0.3 is 15.3 Å². The fourth-order valence-corrected chi connectivity index (χ4v) is 3.74. The number of rotatable bonds is 4. The van der Waals surface area contributed by atoms with Crippen molar-refractivity contribution in [2.24, 2.45) is 5.92 Å². The van der Waals surface area contributed by atoms with E-state index in [1.165, 1.54) is 6.07 Å².